The number of nitrogens with zero attached hydrogens (tertiary/aromatic N) is 1. The highest BCUT2D eigenvalue weighted by Gasteiger charge is 2.27. The van der Waals surface area contributed by atoms with Crippen molar-refractivity contribution in [2.24, 2.45) is 5.92 Å². The molecule has 112 valence electrons. The maximum absolute atomic E-state index is 10.6. The lowest BCUT2D eigenvalue weighted by Crippen LogP contribution is -2.43. The third-order valence-corrected chi connectivity index (χ3v) is 4.38. The van der Waals surface area contributed by atoms with Crippen molar-refractivity contribution in [3.8, 4) is 0 Å². The number of carboxylic acid groups (broad SMARTS) is 1. The number of aliphatic carboxylic acids is 1. The second kappa shape index (κ2) is 7.25. The van der Waals surface area contributed by atoms with Gasteiger partial charge in [0.15, 0.2) is 0 Å². The van der Waals surface area contributed by atoms with Gasteiger partial charge >= 0.3 is 5.97 Å². The van der Waals surface area contributed by atoms with Gasteiger partial charge in [-0.05, 0) is 65.5 Å². The topological polar surface area (TPSA) is 49.8 Å². The summed E-state index contributed by atoms with van der Waals surface area (Å²) in [6, 6.07) is 0.523. The van der Waals surface area contributed by atoms with E-state index in [-0.39, 0.29) is 5.60 Å². The summed E-state index contributed by atoms with van der Waals surface area (Å²) in [4.78, 5) is 13.1. The van der Waals surface area contributed by atoms with Crippen LogP contribution in [-0.2, 0) is 9.53 Å². The van der Waals surface area contributed by atoms with Crippen LogP contribution in [0.15, 0.2) is 0 Å². The van der Waals surface area contributed by atoms with Gasteiger partial charge in [0.2, 0.25) is 0 Å². The Kier molecular flexibility index (Phi) is 6.27. The molecule has 1 rings (SSSR count). The Labute approximate surface area is 117 Å². The lowest BCUT2D eigenvalue weighted by atomic mass is 9.90. The van der Waals surface area contributed by atoms with Crippen LogP contribution in [0.5, 0.6) is 0 Å². The smallest absolute Gasteiger partial charge is 0.303 e. The molecular formula is C15H29NO3. The molecule has 1 unspecified atom stereocenters. The van der Waals surface area contributed by atoms with Crippen LogP contribution in [0.25, 0.3) is 0 Å². The van der Waals surface area contributed by atoms with E-state index in [0.717, 1.165) is 38.8 Å². The zero-order valence-electron chi connectivity index (χ0n) is 12.8. The zero-order chi connectivity index (χ0) is 14.5. The first-order valence-corrected chi connectivity index (χ1v) is 7.35. The van der Waals surface area contributed by atoms with Crippen LogP contribution in [0, 0.1) is 5.92 Å². The van der Waals surface area contributed by atoms with Gasteiger partial charge < -0.3 is 14.7 Å². The maximum atomic E-state index is 10.6. The lowest BCUT2D eigenvalue weighted by Gasteiger charge is -2.38. The van der Waals surface area contributed by atoms with E-state index in [2.05, 4.69) is 25.7 Å². The van der Waals surface area contributed by atoms with E-state index < -0.39 is 5.97 Å². The van der Waals surface area contributed by atoms with Gasteiger partial charge in [0.25, 0.3) is 0 Å². The molecular weight excluding hydrogens is 242 g/mol. The van der Waals surface area contributed by atoms with Crippen LogP contribution in [0.3, 0.4) is 0 Å². The molecule has 1 heterocycles. The number of likely N-dealkylation sites (tertiary alicyclic amines) is 1. The summed E-state index contributed by atoms with van der Waals surface area (Å²) in [6.45, 7) is 8.70. The Balaban J connectivity index is 2.31. The molecule has 1 atom stereocenters. The summed E-state index contributed by atoms with van der Waals surface area (Å²) >= 11 is 0. The second-order valence-electron chi connectivity index (χ2n) is 6.43. The Hall–Kier alpha value is -0.610. The summed E-state index contributed by atoms with van der Waals surface area (Å²) < 4.78 is 5.49. The fourth-order valence-corrected chi connectivity index (χ4v) is 2.93. The molecule has 1 N–H and O–H groups in total. The monoisotopic (exact) mass is 271 g/mol. The van der Waals surface area contributed by atoms with Crippen molar-refractivity contribution in [2.75, 3.05) is 20.2 Å². The molecule has 0 spiro atoms. The number of carboxylic acids is 1. The van der Waals surface area contributed by atoms with E-state index in [1.165, 1.54) is 0 Å². The SMILES string of the molecule is COC(C)(C)CC(C)N1CCC(CCC(=O)O)CC1. The zero-order valence-corrected chi connectivity index (χ0v) is 12.8. The molecule has 0 aromatic heterocycles. The Bertz CT molecular complexity index is 283. The van der Waals surface area contributed by atoms with Crippen LogP contribution in [-0.4, -0.2) is 47.8 Å². The van der Waals surface area contributed by atoms with Gasteiger partial charge in [0.05, 0.1) is 5.60 Å². The maximum Gasteiger partial charge on any atom is 0.303 e. The van der Waals surface area contributed by atoms with Gasteiger partial charge in [-0.15, -0.1) is 0 Å². The first-order chi connectivity index (χ1) is 8.84. The largest absolute Gasteiger partial charge is 0.481 e. The Morgan fingerprint density at radius 3 is 2.47 bits per heavy atom. The van der Waals surface area contributed by atoms with E-state index in [0.29, 0.717) is 18.4 Å². The molecule has 0 saturated carbocycles. The van der Waals surface area contributed by atoms with Crippen molar-refractivity contribution in [1.29, 1.82) is 0 Å². The standard InChI is InChI=1S/C15H29NO3/c1-12(11-15(2,3)19-4)16-9-7-13(8-10-16)5-6-14(17)18/h12-13H,5-11H2,1-4H3,(H,17,18). The van der Waals surface area contributed by atoms with Gasteiger partial charge in [-0.3, -0.25) is 4.79 Å². The average Bonchev–Trinajstić information content (AvgIpc) is 2.36. The summed E-state index contributed by atoms with van der Waals surface area (Å²) in [5.41, 5.74) is -0.0699. The normalized spacial score (nSPS) is 20.4. The number of hydrogen-bond acceptors (Lipinski definition) is 3. The predicted molar refractivity (Wildman–Crippen MR) is 76.3 cm³/mol. The first kappa shape index (κ1) is 16.4. The van der Waals surface area contributed by atoms with Gasteiger partial charge in [0, 0.05) is 19.6 Å². The minimum absolute atomic E-state index is 0.0699. The number of methoxy groups -OCH3 is 1. The molecule has 0 aromatic rings. The third kappa shape index (κ3) is 5.91. The highest BCUT2D eigenvalue weighted by molar-refractivity contribution is 5.66. The molecule has 0 aromatic carbocycles. The quantitative estimate of drug-likeness (QED) is 0.773. The van der Waals surface area contributed by atoms with Crippen molar-refractivity contribution in [3.63, 3.8) is 0 Å². The second-order valence-corrected chi connectivity index (χ2v) is 6.43. The molecule has 0 aliphatic carbocycles. The van der Waals surface area contributed by atoms with E-state index >= 15 is 0 Å². The van der Waals surface area contributed by atoms with Crippen molar-refractivity contribution in [3.05, 3.63) is 0 Å². The average molecular weight is 271 g/mol. The number of piperidine rings is 1. The van der Waals surface area contributed by atoms with Gasteiger partial charge in [0.1, 0.15) is 0 Å². The van der Waals surface area contributed by atoms with E-state index in [1.807, 2.05) is 0 Å². The molecule has 4 nitrogen and oxygen atoms in total. The molecule has 1 aliphatic heterocycles. The highest BCUT2D eigenvalue weighted by Crippen LogP contribution is 2.26. The van der Waals surface area contributed by atoms with E-state index in [9.17, 15) is 4.79 Å². The van der Waals surface area contributed by atoms with E-state index in [4.69, 9.17) is 9.84 Å². The van der Waals surface area contributed by atoms with Gasteiger partial charge in [-0.1, -0.05) is 0 Å². The van der Waals surface area contributed by atoms with Crippen molar-refractivity contribution in [1.82, 2.24) is 4.90 Å². The van der Waals surface area contributed by atoms with Gasteiger partial charge in [-0.25, -0.2) is 0 Å². The predicted octanol–water partition coefficient (Wildman–Crippen LogP) is 2.77. The third-order valence-electron chi connectivity index (χ3n) is 4.38. The molecule has 0 amide bonds. The minimum atomic E-state index is -0.669. The van der Waals surface area contributed by atoms with E-state index in [1.54, 1.807) is 7.11 Å². The van der Waals surface area contributed by atoms with Crippen LogP contribution in [0.4, 0.5) is 0 Å². The minimum Gasteiger partial charge on any atom is -0.481 e. The van der Waals surface area contributed by atoms with Gasteiger partial charge in [-0.2, -0.15) is 0 Å². The van der Waals surface area contributed by atoms with Crippen molar-refractivity contribution >= 4 is 5.97 Å². The highest BCUT2D eigenvalue weighted by atomic mass is 16.5. The van der Waals surface area contributed by atoms with Crippen molar-refractivity contribution in [2.45, 2.75) is 64.5 Å². The number of carbonyl (C=O) groups is 1. The van der Waals surface area contributed by atoms with Crippen molar-refractivity contribution < 1.29 is 14.6 Å². The first-order valence-electron chi connectivity index (χ1n) is 7.35. The lowest BCUT2D eigenvalue weighted by molar-refractivity contribution is -0.137. The molecule has 1 aliphatic rings. The summed E-state index contributed by atoms with van der Waals surface area (Å²) in [6.07, 6.45) is 4.44. The fourth-order valence-electron chi connectivity index (χ4n) is 2.93. The Morgan fingerprint density at radius 2 is 2.00 bits per heavy atom. The fraction of sp³-hybridized carbons (Fsp3) is 0.933. The molecule has 4 heteroatoms. The van der Waals surface area contributed by atoms with Crippen LogP contribution < -0.4 is 0 Å². The summed E-state index contributed by atoms with van der Waals surface area (Å²) in [7, 11) is 1.77. The van der Waals surface area contributed by atoms with Crippen LogP contribution >= 0.6 is 0 Å². The molecule has 19 heavy (non-hydrogen) atoms. The molecule has 1 fully saturated rings. The number of hydrogen-bond donors (Lipinski definition) is 1. The van der Waals surface area contributed by atoms with Crippen LogP contribution in [0.2, 0.25) is 0 Å². The summed E-state index contributed by atoms with van der Waals surface area (Å²) in [5, 5.41) is 8.71. The number of rotatable bonds is 7. The Morgan fingerprint density at radius 1 is 1.42 bits per heavy atom. The number of ether oxygens (including phenoxy) is 1. The molecule has 0 radical (unpaired) electrons. The van der Waals surface area contributed by atoms with Crippen LogP contribution in [0.1, 0.15) is 52.9 Å². The summed E-state index contributed by atoms with van der Waals surface area (Å²) in [5.74, 6) is -0.0763. The molecule has 1 saturated heterocycles. The molecule has 0 bridgehead atoms.